The molecule has 1 aromatic carbocycles. The maximum atomic E-state index is 12.0. The lowest BCUT2D eigenvalue weighted by molar-refractivity contribution is -0.140. The first-order valence-electron chi connectivity index (χ1n) is 7.53. The van der Waals surface area contributed by atoms with Crippen LogP contribution in [0.15, 0.2) is 30.5 Å². The summed E-state index contributed by atoms with van der Waals surface area (Å²) in [6.45, 7) is 5.22. The molecule has 1 aliphatic rings. The molecule has 6 nitrogen and oxygen atoms in total. The average molecular weight is 316 g/mol. The number of carbonyl (C=O) groups is 2. The van der Waals surface area contributed by atoms with Gasteiger partial charge in [-0.15, -0.1) is 0 Å². The molecule has 3 rings (SSSR count). The highest BCUT2D eigenvalue weighted by Crippen LogP contribution is 2.53. The number of H-pyrrole nitrogens is 1. The Balaban J connectivity index is 1.85. The van der Waals surface area contributed by atoms with Crippen molar-refractivity contribution in [3.8, 4) is 0 Å². The van der Waals surface area contributed by atoms with Crippen molar-refractivity contribution in [1.29, 1.82) is 0 Å². The van der Waals surface area contributed by atoms with Crippen LogP contribution in [0.1, 0.15) is 38.7 Å². The summed E-state index contributed by atoms with van der Waals surface area (Å²) in [4.78, 5) is 26.9. The smallest absolute Gasteiger partial charge is 0.408 e. The number of nitrogens with one attached hydrogen (secondary N) is 2. The van der Waals surface area contributed by atoms with E-state index in [4.69, 9.17) is 4.74 Å². The van der Waals surface area contributed by atoms with Crippen LogP contribution < -0.4 is 5.32 Å². The van der Waals surface area contributed by atoms with Gasteiger partial charge in [0.1, 0.15) is 11.1 Å². The van der Waals surface area contributed by atoms with E-state index in [1.807, 2.05) is 30.5 Å². The summed E-state index contributed by atoms with van der Waals surface area (Å²) >= 11 is 0. The molecule has 1 aromatic heterocycles. The Morgan fingerprint density at radius 1 is 1.35 bits per heavy atom. The molecule has 1 amide bonds. The number of aliphatic carboxylic acids is 1. The quantitative estimate of drug-likeness (QED) is 0.811. The van der Waals surface area contributed by atoms with Gasteiger partial charge in [-0.2, -0.15) is 0 Å². The number of carboxylic acid groups (broad SMARTS) is 1. The van der Waals surface area contributed by atoms with E-state index in [9.17, 15) is 14.7 Å². The minimum atomic E-state index is -1.30. The van der Waals surface area contributed by atoms with Crippen LogP contribution in [0.2, 0.25) is 0 Å². The van der Waals surface area contributed by atoms with Gasteiger partial charge in [-0.1, -0.05) is 18.2 Å². The number of carbonyl (C=O) groups excluding carboxylic acids is 1. The zero-order valence-electron chi connectivity index (χ0n) is 13.3. The van der Waals surface area contributed by atoms with E-state index < -0.39 is 23.2 Å². The Kier molecular flexibility index (Phi) is 3.35. The van der Waals surface area contributed by atoms with Crippen LogP contribution in [0.5, 0.6) is 0 Å². The van der Waals surface area contributed by atoms with Gasteiger partial charge in [0.2, 0.25) is 0 Å². The van der Waals surface area contributed by atoms with Gasteiger partial charge in [-0.3, -0.25) is 0 Å². The predicted octanol–water partition coefficient (Wildman–Crippen LogP) is 3.00. The van der Waals surface area contributed by atoms with E-state index in [1.165, 1.54) is 0 Å². The summed E-state index contributed by atoms with van der Waals surface area (Å²) in [6, 6.07) is 7.70. The van der Waals surface area contributed by atoms with E-state index in [0.29, 0.717) is 6.42 Å². The molecule has 1 saturated carbocycles. The van der Waals surface area contributed by atoms with Crippen LogP contribution in [-0.4, -0.2) is 33.3 Å². The van der Waals surface area contributed by atoms with E-state index in [-0.39, 0.29) is 5.92 Å². The van der Waals surface area contributed by atoms with E-state index in [1.54, 1.807) is 20.8 Å². The molecule has 1 heterocycles. The zero-order valence-corrected chi connectivity index (χ0v) is 13.3. The zero-order chi connectivity index (χ0) is 16.8. The molecule has 1 aliphatic carbocycles. The second kappa shape index (κ2) is 5.01. The lowest BCUT2D eigenvalue weighted by Crippen LogP contribution is -2.46. The summed E-state index contributed by atoms with van der Waals surface area (Å²) in [7, 11) is 0. The third-order valence-electron chi connectivity index (χ3n) is 4.06. The Labute approximate surface area is 133 Å². The number of alkyl carbamates (subject to hydrolysis) is 1. The highest BCUT2D eigenvalue weighted by atomic mass is 16.6. The molecule has 23 heavy (non-hydrogen) atoms. The molecule has 6 heteroatoms. The van der Waals surface area contributed by atoms with Crippen LogP contribution in [-0.2, 0) is 9.53 Å². The van der Waals surface area contributed by atoms with Crippen LogP contribution in [0.3, 0.4) is 0 Å². The predicted molar refractivity (Wildman–Crippen MR) is 85.4 cm³/mol. The lowest BCUT2D eigenvalue weighted by atomic mass is 10.1. The summed E-state index contributed by atoms with van der Waals surface area (Å²) in [5.41, 5.74) is -0.118. The van der Waals surface area contributed by atoms with Crippen molar-refractivity contribution in [2.45, 2.75) is 44.2 Å². The minimum Gasteiger partial charge on any atom is -0.479 e. The molecular weight excluding hydrogens is 296 g/mol. The fourth-order valence-electron chi connectivity index (χ4n) is 2.93. The number of amides is 1. The van der Waals surface area contributed by atoms with Crippen molar-refractivity contribution in [2.75, 3.05) is 0 Å². The lowest BCUT2D eigenvalue weighted by Gasteiger charge is -2.22. The third kappa shape index (κ3) is 2.76. The second-order valence-corrected chi connectivity index (χ2v) is 6.95. The number of carboxylic acids is 1. The number of hydrogen-bond acceptors (Lipinski definition) is 3. The molecule has 0 spiro atoms. The third-order valence-corrected chi connectivity index (χ3v) is 4.06. The maximum Gasteiger partial charge on any atom is 0.408 e. The van der Waals surface area contributed by atoms with Gasteiger partial charge < -0.3 is 20.1 Å². The monoisotopic (exact) mass is 316 g/mol. The molecule has 0 saturated heterocycles. The summed E-state index contributed by atoms with van der Waals surface area (Å²) < 4.78 is 5.20. The Morgan fingerprint density at radius 2 is 2.04 bits per heavy atom. The van der Waals surface area contributed by atoms with Crippen LogP contribution in [0.4, 0.5) is 4.79 Å². The first-order chi connectivity index (χ1) is 10.7. The van der Waals surface area contributed by atoms with Crippen molar-refractivity contribution in [3.05, 3.63) is 36.0 Å². The van der Waals surface area contributed by atoms with Gasteiger partial charge >= 0.3 is 12.1 Å². The normalized spacial score (nSPS) is 23.5. The standard InChI is InChI=1S/C17H20N2O4/c1-16(2,3)23-15(22)19-17(14(20)21)8-12(17)11-9-18-13-7-5-4-6-10(11)13/h4-7,9,12,18H,8H2,1-3H3,(H,19,22)(H,20,21). The SMILES string of the molecule is CC(C)(C)OC(=O)NC1(C(=O)O)CC1c1c[nH]c2ccccc12. The van der Waals surface area contributed by atoms with Crippen molar-refractivity contribution in [1.82, 2.24) is 10.3 Å². The van der Waals surface area contributed by atoms with Crippen molar-refractivity contribution in [3.63, 3.8) is 0 Å². The number of rotatable bonds is 3. The number of hydrogen-bond donors (Lipinski definition) is 3. The number of aromatic amines is 1. The second-order valence-electron chi connectivity index (χ2n) is 6.95. The molecule has 2 atom stereocenters. The number of fused-ring (bicyclic) bond motifs is 1. The Bertz CT molecular complexity index is 774. The van der Waals surface area contributed by atoms with Gasteiger partial charge in [0.25, 0.3) is 0 Å². The highest BCUT2D eigenvalue weighted by Gasteiger charge is 2.63. The molecule has 2 aromatic rings. The topological polar surface area (TPSA) is 91.4 Å². The number of para-hydroxylation sites is 1. The molecule has 3 N–H and O–H groups in total. The fourth-order valence-corrected chi connectivity index (χ4v) is 2.93. The average Bonchev–Trinajstić information content (AvgIpc) is 2.99. The number of benzene rings is 1. The highest BCUT2D eigenvalue weighted by molar-refractivity contribution is 5.93. The molecule has 1 fully saturated rings. The van der Waals surface area contributed by atoms with Gasteiger partial charge in [0.15, 0.2) is 0 Å². The van der Waals surface area contributed by atoms with E-state index in [2.05, 4.69) is 10.3 Å². The summed E-state index contributed by atoms with van der Waals surface area (Å²) in [5, 5.41) is 13.1. The Hall–Kier alpha value is -2.50. The summed E-state index contributed by atoms with van der Waals surface area (Å²) in [5.74, 6) is -1.32. The van der Waals surface area contributed by atoms with Crippen LogP contribution in [0.25, 0.3) is 10.9 Å². The molecule has 0 aliphatic heterocycles. The van der Waals surface area contributed by atoms with Gasteiger partial charge in [0.05, 0.1) is 0 Å². The molecule has 122 valence electrons. The molecule has 0 radical (unpaired) electrons. The van der Waals surface area contributed by atoms with Gasteiger partial charge in [0, 0.05) is 23.0 Å². The Morgan fingerprint density at radius 3 is 2.70 bits per heavy atom. The maximum absolute atomic E-state index is 12.0. The van der Waals surface area contributed by atoms with E-state index in [0.717, 1.165) is 16.5 Å². The van der Waals surface area contributed by atoms with Crippen molar-refractivity contribution >= 4 is 23.0 Å². The van der Waals surface area contributed by atoms with Crippen molar-refractivity contribution in [2.24, 2.45) is 0 Å². The van der Waals surface area contributed by atoms with Crippen molar-refractivity contribution < 1.29 is 19.4 Å². The summed E-state index contributed by atoms with van der Waals surface area (Å²) in [6.07, 6.45) is 1.46. The molecule has 2 unspecified atom stereocenters. The van der Waals surface area contributed by atoms with Crippen LogP contribution >= 0.6 is 0 Å². The number of aromatic nitrogens is 1. The van der Waals surface area contributed by atoms with E-state index >= 15 is 0 Å². The first kappa shape index (κ1) is 15.4. The first-order valence-corrected chi connectivity index (χ1v) is 7.53. The fraction of sp³-hybridized carbons (Fsp3) is 0.412. The molecular formula is C17H20N2O4. The number of ether oxygens (including phenoxy) is 1. The minimum absolute atomic E-state index is 0.274. The van der Waals surface area contributed by atoms with Crippen LogP contribution in [0, 0.1) is 0 Å². The van der Waals surface area contributed by atoms with Gasteiger partial charge in [-0.25, -0.2) is 9.59 Å². The molecule has 0 bridgehead atoms. The largest absolute Gasteiger partial charge is 0.479 e. The van der Waals surface area contributed by atoms with Gasteiger partial charge in [-0.05, 0) is 38.8 Å².